The third kappa shape index (κ3) is 5.12. The Hall–Kier alpha value is -3.60. The van der Waals surface area contributed by atoms with Crippen LogP contribution in [0.15, 0.2) is 30.5 Å². The second-order valence-corrected chi connectivity index (χ2v) is 8.52. The second-order valence-electron chi connectivity index (χ2n) is 8.52. The number of rotatable bonds is 3. The molecule has 0 spiro atoms. The Balaban J connectivity index is 1.82. The molecule has 3 rings (SSSR count). The molecule has 1 fully saturated rings. The average Bonchev–Trinajstić information content (AvgIpc) is 2.72. The highest BCUT2D eigenvalue weighted by Crippen LogP contribution is 2.29. The number of carboxylic acid groups (broad SMARTS) is 1. The Labute approximate surface area is 181 Å². The van der Waals surface area contributed by atoms with E-state index in [9.17, 15) is 20.0 Å². The van der Waals surface area contributed by atoms with Gasteiger partial charge in [-0.15, -0.1) is 0 Å². The van der Waals surface area contributed by atoms with E-state index in [4.69, 9.17) is 4.74 Å². The van der Waals surface area contributed by atoms with Crippen molar-refractivity contribution in [1.82, 2.24) is 9.88 Å². The molecule has 162 valence electrons. The van der Waals surface area contributed by atoms with Gasteiger partial charge in [-0.1, -0.05) is 17.7 Å². The zero-order chi connectivity index (χ0) is 22.8. The molecule has 0 bridgehead atoms. The minimum atomic E-state index is -1.03. The van der Waals surface area contributed by atoms with Crippen LogP contribution in [0.1, 0.15) is 42.3 Å². The predicted octanol–water partition coefficient (Wildman–Crippen LogP) is 3.68. The first-order valence-electron chi connectivity index (χ1n) is 10.1. The summed E-state index contributed by atoms with van der Waals surface area (Å²) in [6.07, 6.45) is 1.24. The Bertz CT molecular complexity index is 1040. The van der Waals surface area contributed by atoms with Crippen LogP contribution in [-0.4, -0.2) is 58.8 Å². The molecule has 0 saturated carbocycles. The number of piperazine rings is 1. The van der Waals surface area contributed by atoms with Gasteiger partial charge in [-0.2, -0.15) is 5.26 Å². The van der Waals surface area contributed by atoms with Crippen LogP contribution < -0.4 is 4.90 Å². The number of carbonyl (C=O) groups excluding carboxylic acids is 1. The van der Waals surface area contributed by atoms with E-state index in [0.717, 1.165) is 5.56 Å². The molecule has 8 heteroatoms. The number of aryl methyl sites for hydroxylation is 1. The first kappa shape index (κ1) is 22.1. The van der Waals surface area contributed by atoms with Gasteiger partial charge in [0, 0.05) is 37.9 Å². The maximum Gasteiger partial charge on any atom is 0.410 e. The SMILES string of the molecule is Cc1ccc(C(=O)O)c(-c2cnc(N3CCN(C(=O)OC(C)(C)C)CC3)c(C#N)c2)c1. The Morgan fingerprint density at radius 1 is 1.16 bits per heavy atom. The zero-order valence-electron chi connectivity index (χ0n) is 18.2. The van der Waals surface area contributed by atoms with Crippen molar-refractivity contribution in [2.75, 3.05) is 31.1 Å². The minimum Gasteiger partial charge on any atom is -0.478 e. The highest BCUT2D eigenvalue weighted by Gasteiger charge is 2.27. The monoisotopic (exact) mass is 422 g/mol. The van der Waals surface area contributed by atoms with E-state index in [1.54, 1.807) is 35.4 Å². The van der Waals surface area contributed by atoms with Crippen LogP contribution in [-0.2, 0) is 4.74 Å². The molecule has 0 aliphatic carbocycles. The molecule has 2 aromatic rings. The van der Waals surface area contributed by atoms with Gasteiger partial charge in [-0.3, -0.25) is 0 Å². The molecule has 0 unspecified atom stereocenters. The first-order chi connectivity index (χ1) is 14.6. The van der Waals surface area contributed by atoms with E-state index in [2.05, 4.69) is 11.1 Å². The van der Waals surface area contributed by atoms with E-state index in [0.29, 0.717) is 48.7 Å². The third-order valence-electron chi connectivity index (χ3n) is 4.93. The van der Waals surface area contributed by atoms with Gasteiger partial charge in [0.25, 0.3) is 0 Å². The molecule has 0 atom stereocenters. The van der Waals surface area contributed by atoms with Gasteiger partial charge in [0.15, 0.2) is 0 Å². The van der Waals surface area contributed by atoms with Crippen LogP contribution in [0.5, 0.6) is 0 Å². The lowest BCUT2D eigenvalue weighted by molar-refractivity contribution is 0.0240. The summed E-state index contributed by atoms with van der Waals surface area (Å²) >= 11 is 0. The quantitative estimate of drug-likeness (QED) is 0.804. The van der Waals surface area contributed by atoms with E-state index in [1.165, 1.54) is 0 Å². The van der Waals surface area contributed by atoms with Crippen LogP contribution in [0.4, 0.5) is 10.6 Å². The van der Waals surface area contributed by atoms with Crippen molar-refractivity contribution < 1.29 is 19.4 Å². The van der Waals surface area contributed by atoms with E-state index in [-0.39, 0.29) is 11.7 Å². The van der Waals surface area contributed by atoms with E-state index < -0.39 is 11.6 Å². The molecule has 0 radical (unpaired) electrons. The van der Waals surface area contributed by atoms with E-state index in [1.807, 2.05) is 32.6 Å². The van der Waals surface area contributed by atoms with Gasteiger partial charge in [-0.25, -0.2) is 14.6 Å². The predicted molar refractivity (Wildman–Crippen MR) is 116 cm³/mol. The van der Waals surface area contributed by atoms with Crippen molar-refractivity contribution in [3.05, 3.63) is 47.2 Å². The molecule has 1 aromatic carbocycles. The number of nitrogens with zero attached hydrogens (tertiary/aromatic N) is 4. The molecule has 2 heterocycles. The van der Waals surface area contributed by atoms with E-state index >= 15 is 0 Å². The molecule has 1 saturated heterocycles. The Morgan fingerprint density at radius 3 is 2.42 bits per heavy atom. The number of carbonyl (C=O) groups is 2. The molecule has 31 heavy (non-hydrogen) atoms. The van der Waals surface area contributed by atoms with Crippen molar-refractivity contribution in [3.63, 3.8) is 0 Å². The van der Waals surface area contributed by atoms with Gasteiger partial charge < -0.3 is 19.6 Å². The summed E-state index contributed by atoms with van der Waals surface area (Å²) in [7, 11) is 0. The summed E-state index contributed by atoms with van der Waals surface area (Å²) in [6, 6.07) is 8.92. The molecule has 1 aliphatic rings. The highest BCUT2D eigenvalue weighted by atomic mass is 16.6. The molecule has 8 nitrogen and oxygen atoms in total. The van der Waals surface area contributed by atoms with Gasteiger partial charge >= 0.3 is 12.1 Å². The maximum atomic E-state index is 12.3. The first-order valence-corrected chi connectivity index (χ1v) is 10.1. The molecule has 1 amide bonds. The summed E-state index contributed by atoms with van der Waals surface area (Å²) < 4.78 is 5.42. The summed E-state index contributed by atoms with van der Waals surface area (Å²) in [5.41, 5.74) is 1.99. The van der Waals surface area contributed by atoms with Crippen molar-refractivity contribution in [3.8, 4) is 17.2 Å². The minimum absolute atomic E-state index is 0.162. The van der Waals surface area contributed by atoms with Crippen LogP contribution in [0.25, 0.3) is 11.1 Å². The van der Waals surface area contributed by atoms with Crippen LogP contribution in [0.2, 0.25) is 0 Å². The molecule has 1 N–H and O–H groups in total. The lowest BCUT2D eigenvalue weighted by atomic mass is 9.97. The molecule has 1 aliphatic heterocycles. The molecular weight excluding hydrogens is 396 g/mol. The Kier molecular flexibility index (Phi) is 6.16. The van der Waals surface area contributed by atoms with Gasteiger partial charge in [-0.05, 0) is 45.4 Å². The Morgan fingerprint density at radius 2 is 1.84 bits per heavy atom. The number of anilines is 1. The molecule has 1 aromatic heterocycles. The van der Waals surface area contributed by atoms with Crippen molar-refractivity contribution in [1.29, 1.82) is 5.26 Å². The van der Waals surface area contributed by atoms with Crippen molar-refractivity contribution in [2.45, 2.75) is 33.3 Å². The number of nitriles is 1. The number of hydrogen-bond donors (Lipinski definition) is 1. The third-order valence-corrected chi connectivity index (χ3v) is 4.93. The van der Waals surface area contributed by atoms with Gasteiger partial charge in [0.05, 0.1) is 11.1 Å². The zero-order valence-corrected chi connectivity index (χ0v) is 18.2. The maximum absolute atomic E-state index is 12.3. The van der Waals surface area contributed by atoms with Crippen LogP contribution >= 0.6 is 0 Å². The topological polar surface area (TPSA) is 107 Å². The number of aromatic carboxylic acids is 1. The fourth-order valence-corrected chi connectivity index (χ4v) is 3.45. The number of pyridine rings is 1. The van der Waals surface area contributed by atoms with Gasteiger partial charge in [0.1, 0.15) is 17.5 Å². The standard InChI is InChI=1S/C23H26N4O4/c1-15-5-6-18(21(28)29)19(11-15)17-12-16(13-24)20(25-14-17)26-7-9-27(10-8-26)22(30)31-23(2,3)4/h5-6,11-12,14H,7-10H2,1-4H3,(H,28,29). The summed E-state index contributed by atoms with van der Waals surface area (Å²) in [6.45, 7) is 9.33. The number of hydrogen-bond acceptors (Lipinski definition) is 6. The average molecular weight is 422 g/mol. The van der Waals surface area contributed by atoms with Gasteiger partial charge in [0.2, 0.25) is 0 Å². The lowest BCUT2D eigenvalue weighted by Crippen LogP contribution is -2.50. The largest absolute Gasteiger partial charge is 0.478 e. The summed E-state index contributed by atoms with van der Waals surface area (Å²) in [4.78, 5) is 32.0. The van der Waals surface area contributed by atoms with Crippen LogP contribution in [0.3, 0.4) is 0 Å². The lowest BCUT2D eigenvalue weighted by Gasteiger charge is -2.36. The number of benzene rings is 1. The van der Waals surface area contributed by atoms with Crippen molar-refractivity contribution in [2.24, 2.45) is 0 Å². The molecular formula is C23H26N4O4. The normalized spacial score (nSPS) is 14.2. The smallest absolute Gasteiger partial charge is 0.410 e. The highest BCUT2D eigenvalue weighted by molar-refractivity contribution is 5.96. The summed E-state index contributed by atoms with van der Waals surface area (Å²) in [5.74, 6) is -0.504. The van der Waals surface area contributed by atoms with Crippen LogP contribution in [0, 0.1) is 18.3 Å². The number of amides is 1. The fraction of sp³-hybridized carbons (Fsp3) is 0.391. The number of ether oxygens (including phenoxy) is 1. The number of carboxylic acids is 1. The van der Waals surface area contributed by atoms with Crippen molar-refractivity contribution >= 4 is 17.9 Å². The summed E-state index contributed by atoms with van der Waals surface area (Å²) in [5, 5.41) is 19.2. The second kappa shape index (κ2) is 8.64. The number of aromatic nitrogens is 1. The fourth-order valence-electron chi connectivity index (χ4n) is 3.45.